The highest BCUT2D eigenvalue weighted by atomic mass is 16.1. The summed E-state index contributed by atoms with van der Waals surface area (Å²) in [6.07, 6.45) is 2.61. The lowest BCUT2D eigenvalue weighted by atomic mass is 9.76. The van der Waals surface area contributed by atoms with Gasteiger partial charge >= 0.3 is 0 Å². The molecule has 138 valence electrons. The maximum Gasteiger partial charge on any atom is 0.184 e. The molecule has 0 aliphatic heterocycles. The van der Waals surface area contributed by atoms with Crippen LogP contribution in [0.25, 0.3) is 5.57 Å². The molecule has 0 spiro atoms. The maximum absolute atomic E-state index is 13.2. The fourth-order valence-corrected chi connectivity index (χ4v) is 3.86. The molecule has 0 aromatic heterocycles. The molecule has 2 heteroatoms. The van der Waals surface area contributed by atoms with Crippen LogP contribution < -0.4 is 5.32 Å². The average Bonchev–Trinajstić information content (AvgIpc) is 2.75. The highest BCUT2D eigenvalue weighted by Gasteiger charge is 2.30. The normalized spacial score (nSPS) is 18.4. The molecule has 3 aromatic carbocycles. The third-order valence-electron chi connectivity index (χ3n) is 5.20. The van der Waals surface area contributed by atoms with Gasteiger partial charge in [0.2, 0.25) is 0 Å². The summed E-state index contributed by atoms with van der Waals surface area (Å²) in [6.45, 7) is 2.00. The van der Waals surface area contributed by atoms with E-state index in [-0.39, 0.29) is 11.7 Å². The minimum Gasteiger partial charge on any atom is -0.359 e. The molecule has 0 radical (unpaired) electrons. The number of nitrogens with one attached hydrogen (secondary N) is 1. The van der Waals surface area contributed by atoms with E-state index in [0.29, 0.717) is 0 Å². The summed E-state index contributed by atoms with van der Waals surface area (Å²) in [4.78, 5) is 13.2. The van der Waals surface area contributed by atoms with Crippen LogP contribution in [0.5, 0.6) is 0 Å². The van der Waals surface area contributed by atoms with E-state index < -0.39 is 0 Å². The van der Waals surface area contributed by atoms with Gasteiger partial charge in [0.15, 0.2) is 5.78 Å². The molecule has 1 aliphatic carbocycles. The van der Waals surface area contributed by atoms with Crippen LogP contribution in [-0.4, -0.2) is 5.78 Å². The number of anilines is 1. The standard InChI is InChI=1S/C26H23NO/c1-19(27-23-15-9-4-10-16-23)26-24(21-13-7-3-8-14-21)17-22(18-25(26)28)20-11-5-2-6-12-20/h2-16,18,24,27H,17H2,1H3/b26-19+. The van der Waals surface area contributed by atoms with E-state index in [4.69, 9.17) is 0 Å². The number of hydrogen-bond acceptors (Lipinski definition) is 2. The lowest BCUT2D eigenvalue weighted by molar-refractivity contribution is -0.111. The van der Waals surface area contributed by atoms with Gasteiger partial charge in [-0.15, -0.1) is 0 Å². The van der Waals surface area contributed by atoms with Crippen LogP contribution >= 0.6 is 0 Å². The SMILES string of the molecule is C/C(Nc1ccccc1)=C1\C(=O)C=C(c2ccccc2)CC1c1ccccc1. The summed E-state index contributed by atoms with van der Waals surface area (Å²) in [5.74, 6) is 0.116. The van der Waals surface area contributed by atoms with Gasteiger partial charge in [-0.1, -0.05) is 78.9 Å². The highest BCUT2D eigenvalue weighted by molar-refractivity contribution is 6.11. The fraction of sp³-hybridized carbons (Fsp3) is 0.115. The predicted molar refractivity (Wildman–Crippen MR) is 116 cm³/mol. The van der Waals surface area contributed by atoms with Crippen LogP contribution in [0.15, 0.2) is 108 Å². The molecule has 2 nitrogen and oxygen atoms in total. The van der Waals surface area contributed by atoms with Crippen molar-refractivity contribution in [2.75, 3.05) is 5.32 Å². The number of benzene rings is 3. The lowest BCUT2D eigenvalue weighted by Gasteiger charge is -2.28. The molecule has 1 N–H and O–H groups in total. The minimum absolute atomic E-state index is 0.0325. The second kappa shape index (κ2) is 8.10. The second-order valence-electron chi connectivity index (χ2n) is 7.10. The number of rotatable bonds is 4. The van der Waals surface area contributed by atoms with Crippen molar-refractivity contribution in [1.82, 2.24) is 0 Å². The van der Waals surface area contributed by atoms with Gasteiger partial charge in [0.25, 0.3) is 0 Å². The predicted octanol–water partition coefficient (Wildman–Crippen LogP) is 6.21. The van der Waals surface area contributed by atoms with E-state index in [9.17, 15) is 4.79 Å². The Labute approximate surface area is 166 Å². The summed E-state index contributed by atoms with van der Waals surface area (Å²) in [5, 5.41) is 3.43. The Morgan fingerprint density at radius 3 is 2.04 bits per heavy atom. The van der Waals surface area contributed by atoms with E-state index in [1.54, 1.807) is 6.08 Å². The molecule has 0 saturated carbocycles. The van der Waals surface area contributed by atoms with E-state index in [2.05, 4.69) is 29.6 Å². The Hall–Kier alpha value is -3.39. The summed E-state index contributed by atoms with van der Waals surface area (Å²) in [5.41, 5.74) is 6.12. The van der Waals surface area contributed by atoms with Crippen LogP contribution in [0.4, 0.5) is 5.69 Å². The average molecular weight is 365 g/mol. The molecule has 0 amide bonds. The first-order valence-corrected chi connectivity index (χ1v) is 9.60. The first kappa shape index (κ1) is 18.0. The number of carbonyl (C=O) groups excluding carboxylic acids is 1. The van der Waals surface area contributed by atoms with Gasteiger partial charge in [-0.3, -0.25) is 4.79 Å². The van der Waals surface area contributed by atoms with Gasteiger partial charge in [0, 0.05) is 22.9 Å². The zero-order valence-corrected chi connectivity index (χ0v) is 15.9. The third kappa shape index (κ3) is 3.81. The Balaban J connectivity index is 1.77. The number of ketones is 1. The molecule has 4 rings (SSSR count). The number of para-hydroxylation sites is 1. The molecule has 0 bridgehead atoms. The Morgan fingerprint density at radius 1 is 0.821 bits per heavy atom. The summed E-state index contributed by atoms with van der Waals surface area (Å²) >= 11 is 0. The molecule has 0 fully saturated rings. The molecule has 28 heavy (non-hydrogen) atoms. The van der Waals surface area contributed by atoms with Gasteiger partial charge in [-0.2, -0.15) is 0 Å². The summed E-state index contributed by atoms with van der Waals surface area (Å²) in [7, 11) is 0. The van der Waals surface area contributed by atoms with Crippen LogP contribution in [-0.2, 0) is 4.79 Å². The summed E-state index contributed by atoms with van der Waals surface area (Å²) < 4.78 is 0. The molecular formula is C26H23NO. The topological polar surface area (TPSA) is 29.1 Å². The van der Waals surface area contributed by atoms with Crippen molar-refractivity contribution in [3.05, 3.63) is 119 Å². The van der Waals surface area contributed by atoms with E-state index in [1.165, 1.54) is 5.56 Å². The zero-order chi connectivity index (χ0) is 19.3. The molecule has 1 aliphatic rings. The van der Waals surface area contributed by atoms with Crippen molar-refractivity contribution in [1.29, 1.82) is 0 Å². The van der Waals surface area contributed by atoms with E-state index >= 15 is 0 Å². The fourth-order valence-electron chi connectivity index (χ4n) is 3.86. The second-order valence-corrected chi connectivity index (χ2v) is 7.10. The zero-order valence-electron chi connectivity index (χ0n) is 15.9. The molecule has 3 aromatic rings. The van der Waals surface area contributed by atoms with Crippen molar-refractivity contribution < 1.29 is 4.79 Å². The van der Waals surface area contributed by atoms with Gasteiger partial charge in [-0.05, 0) is 48.3 Å². The number of carbonyl (C=O) groups is 1. The van der Waals surface area contributed by atoms with Crippen LogP contribution in [0.2, 0.25) is 0 Å². The number of allylic oxidation sites excluding steroid dienone is 4. The summed E-state index contributed by atoms with van der Waals surface area (Å²) in [6, 6.07) is 30.5. The molecule has 0 heterocycles. The lowest BCUT2D eigenvalue weighted by Crippen LogP contribution is -2.20. The third-order valence-corrected chi connectivity index (χ3v) is 5.20. The Kier molecular flexibility index (Phi) is 5.20. The van der Waals surface area contributed by atoms with Crippen molar-refractivity contribution >= 4 is 17.0 Å². The molecular weight excluding hydrogens is 342 g/mol. The van der Waals surface area contributed by atoms with E-state index in [0.717, 1.165) is 34.5 Å². The molecule has 1 atom stereocenters. The van der Waals surface area contributed by atoms with Gasteiger partial charge < -0.3 is 5.32 Å². The van der Waals surface area contributed by atoms with E-state index in [1.807, 2.05) is 73.7 Å². The monoisotopic (exact) mass is 365 g/mol. The quantitative estimate of drug-likeness (QED) is 0.557. The Bertz CT molecular complexity index is 1020. The first-order chi connectivity index (χ1) is 13.7. The number of hydrogen-bond donors (Lipinski definition) is 1. The van der Waals surface area contributed by atoms with Gasteiger partial charge in [0.1, 0.15) is 0 Å². The van der Waals surface area contributed by atoms with Crippen molar-refractivity contribution in [3.8, 4) is 0 Å². The maximum atomic E-state index is 13.2. The highest BCUT2D eigenvalue weighted by Crippen LogP contribution is 2.40. The van der Waals surface area contributed by atoms with Crippen molar-refractivity contribution in [3.63, 3.8) is 0 Å². The van der Waals surface area contributed by atoms with Gasteiger partial charge in [0.05, 0.1) is 0 Å². The first-order valence-electron chi connectivity index (χ1n) is 9.60. The van der Waals surface area contributed by atoms with Crippen molar-refractivity contribution in [2.45, 2.75) is 19.3 Å². The smallest absolute Gasteiger partial charge is 0.184 e. The molecule has 0 saturated heterocycles. The van der Waals surface area contributed by atoms with Crippen LogP contribution in [0.3, 0.4) is 0 Å². The molecule has 1 unspecified atom stereocenters. The Morgan fingerprint density at radius 2 is 1.39 bits per heavy atom. The van der Waals surface area contributed by atoms with Gasteiger partial charge in [-0.25, -0.2) is 0 Å². The van der Waals surface area contributed by atoms with Crippen LogP contribution in [0.1, 0.15) is 30.4 Å². The van der Waals surface area contributed by atoms with Crippen molar-refractivity contribution in [2.24, 2.45) is 0 Å². The largest absolute Gasteiger partial charge is 0.359 e. The minimum atomic E-state index is 0.0325. The van der Waals surface area contributed by atoms with Crippen LogP contribution in [0, 0.1) is 0 Å².